The van der Waals surface area contributed by atoms with Crippen LogP contribution in [0.2, 0.25) is 0 Å². The number of aryl methyl sites for hydroxylation is 1. The second kappa shape index (κ2) is 5.88. The van der Waals surface area contributed by atoms with Gasteiger partial charge in [-0.2, -0.15) is 0 Å². The van der Waals surface area contributed by atoms with E-state index >= 15 is 0 Å². The molecule has 0 spiro atoms. The number of aromatic nitrogens is 1. The van der Waals surface area contributed by atoms with E-state index in [1.165, 1.54) is 30.2 Å². The summed E-state index contributed by atoms with van der Waals surface area (Å²) >= 11 is 0. The minimum atomic E-state index is -1.07. The standard InChI is InChI=1S/C15H16N2O5/c1-8(18)10-4-13(16-6-10)14(19)17(3)7-11-5-12(15(20)21)9(2)22-11/h4-6,16H,7H2,1-3H3,(H,20,21). The van der Waals surface area contributed by atoms with Crippen LogP contribution in [-0.4, -0.2) is 39.7 Å². The van der Waals surface area contributed by atoms with Crippen LogP contribution < -0.4 is 0 Å². The van der Waals surface area contributed by atoms with Crippen molar-refractivity contribution in [2.75, 3.05) is 7.05 Å². The molecule has 0 atom stereocenters. The van der Waals surface area contributed by atoms with Gasteiger partial charge in [0.25, 0.3) is 5.91 Å². The Balaban J connectivity index is 2.12. The highest BCUT2D eigenvalue weighted by Crippen LogP contribution is 2.17. The van der Waals surface area contributed by atoms with E-state index in [4.69, 9.17) is 9.52 Å². The maximum Gasteiger partial charge on any atom is 0.339 e. The third-order valence-corrected chi connectivity index (χ3v) is 3.26. The lowest BCUT2D eigenvalue weighted by Gasteiger charge is -2.14. The Kier molecular flexibility index (Phi) is 4.16. The molecule has 116 valence electrons. The molecule has 0 saturated carbocycles. The molecule has 2 aromatic rings. The van der Waals surface area contributed by atoms with Gasteiger partial charge in [0.15, 0.2) is 5.78 Å². The molecule has 0 saturated heterocycles. The number of H-pyrrole nitrogens is 1. The number of furan rings is 1. The summed E-state index contributed by atoms with van der Waals surface area (Å²) in [7, 11) is 1.56. The first-order valence-corrected chi connectivity index (χ1v) is 6.57. The van der Waals surface area contributed by atoms with Crippen LogP contribution in [0, 0.1) is 6.92 Å². The molecule has 0 aromatic carbocycles. The molecule has 7 heteroatoms. The number of carboxylic acids is 1. The smallest absolute Gasteiger partial charge is 0.339 e. The van der Waals surface area contributed by atoms with Crippen LogP contribution in [0.5, 0.6) is 0 Å². The highest BCUT2D eigenvalue weighted by atomic mass is 16.4. The molecule has 0 unspecified atom stereocenters. The van der Waals surface area contributed by atoms with Crippen molar-refractivity contribution < 1.29 is 23.9 Å². The van der Waals surface area contributed by atoms with Gasteiger partial charge in [-0.15, -0.1) is 0 Å². The second-order valence-electron chi connectivity index (χ2n) is 5.01. The van der Waals surface area contributed by atoms with E-state index in [9.17, 15) is 14.4 Å². The first-order valence-electron chi connectivity index (χ1n) is 6.57. The lowest BCUT2D eigenvalue weighted by Crippen LogP contribution is -2.26. The number of aromatic carboxylic acids is 1. The number of carbonyl (C=O) groups is 3. The number of nitrogens with zero attached hydrogens (tertiary/aromatic N) is 1. The lowest BCUT2D eigenvalue weighted by molar-refractivity contribution is 0.0693. The summed E-state index contributed by atoms with van der Waals surface area (Å²) in [5.41, 5.74) is 0.794. The van der Waals surface area contributed by atoms with Crippen molar-refractivity contribution in [3.63, 3.8) is 0 Å². The molecular weight excluding hydrogens is 288 g/mol. The molecule has 22 heavy (non-hydrogen) atoms. The van der Waals surface area contributed by atoms with Crippen LogP contribution in [0.3, 0.4) is 0 Å². The van der Waals surface area contributed by atoms with Crippen LogP contribution >= 0.6 is 0 Å². The average molecular weight is 304 g/mol. The number of ketones is 1. The predicted molar refractivity (Wildman–Crippen MR) is 77.0 cm³/mol. The highest BCUT2D eigenvalue weighted by Gasteiger charge is 2.19. The largest absolute Gasteiger partial charge is 0.478 e. The number of amides is 1. The fourth-order valence-corrected chi connectivity index (χ4v) is 2.07. The number of rotatable bonds is 5. The van der Waals surface area contributed by atoms with Gasteiger partial charge in [-0.05, 0) is 26.0 Å². The van der Waals surface area contributed by atoms with Crippen molar-refractivity contribution in [1.29, 1.82) is 0 Å². The summed E-state index contributed by atoms with van der Waals surface area (Å²) in [5.74, 6) is -0.854. The fourth-order valence-electron chi connectivity index (χ4n) is 2.07. The van der Waals surface area contributed by atoms with Gasteiger partial charge in [-0.1, -0.05) is 0 Å². The van der Waals surface area contributed by atoms with E-state index in [2.05, 4.69) is 4.98 Å². The number of hydrogen-bond donors (Lipinski definition) is 2. The quantitative estimate of drug-likeness (QED) is 0.823. The third-order valence-electron chi connectivity index (χ3n) is 3.26. The van der Waals surface area contributed by atoms with Crippen LogP contribution in [0.4, 0.5) is 0 Å². The topological polar surface area (TPSA) is 104 Å². The van der Waals surface area contributed by atoms with E-state index in [0.717, 1.165) is 0 Å². The van der Waals surface area contributed by atoms with E-state index < -0.39 is 5.97 Å². The lowest BCUT2D eigenvalue weighted by atomic mass is 10.2. The number of carbonyl (C=O) groups excluding carboxylic acids is 2. The van der Waals surface area contributed by atoms with Gasteiger partial charge in [-0.25, -0.2) is 4.79 Å². The molecule has 0 fully saturated rings. The van der Waals surface area contributed by atoms with Crippen LogP contribution in [0.25, 0.3) is 0 Å². The van der Waals surface area contributed by atoms with Gasteiger partial charge >= 0.3 is 5.97 Å². The normalized spacial score (nSPS) is 10.5. The molecular formula is C15H16N2O5. The summed E-state index contributed by atoms with van der Waals surface area (Å²) in [5, 5.41) is 8.98. The molecule has 2 aromatic heterocycles. The zero-order valence-electron chi connectivity index (χ0n) is 12.5. The van der Waals surface area contributed by atoms with Gasteiger partial charge < -0.3 is 19.4 Å². The monoisotopic (exact) mass is 304 g/mol. The molecule has 1 amide bonds. The zero-order chi connectivity index (χ0) is 16.4. The summed E-state index contributed by atoms with van der Waals surface area (Å²) in [6.45, 7) is 3.10. The van der Waals surface area contributed by atoms with E-state index in [1.54, 1.807) is 14.0 Å². The van der Waals surface area contributed by atoms with Gasteiger partial charge in [-0.3, -0.25) is 9.59 Å². The highest BCUT2D eigenvalue weighted by molar-refractivity contribution is 5.99. The first-order chi connectivity index (χ1) is 10.3. The Hall–Kier alpha value is -2.83. The second-order valence-corrected chi connectivity index (χ2v) is 5.01. The van der Waals surface area contributed by atoms with Gasteiger partial charge in [0.1, 0.15) is 22.8 Å². The van der Waals surface area contributed by atoms with Crippen LogP contribution in [-0.2, 0) is 6.54 Å². The average Bonchev–Trinajstić information content (AvgIpc) is 3.04. The number of carboxylic acid groups (broad SMARTS) is 1. The predicted octanol–water partition coefficient (Wildman–Crippen LogP) is 2.09. The molecule has 7 nitrogen and oxygen atoms in total. The van der Waals surface area contributed by atoms with Crippen molar-refractivity contribution in [2.45, 2.75) is 20.4 Å². The Labute approximate surface area is 126 Å². The zero-order valence-corrected chi connectivity index (χ0v) is 12.5. The molecule has 2 N–H and O–H groups in total. The summed E-state index contributed by atoms with van der Waals surface area (Å²) in [6, 6.07) is 2.88. The molecule has 0 bridgehead atoms. The van der Waals surface area contributed by atoms with Crippen molar-refractivity contribution in [3.8, 4) is 0 Å². The molecule has 0 radical (unpaired) electrons. The Morgan fingerprint density at radius 1 is 1.32 bits per heavy atom. The number of hydrogen-bond acceptors (Lipinski definition) is 4. The van der Waals surface area contributed by atoms with E-state index in [1.807, 2.05) is 0 Å². The van der Waals surface area contributed by atoms with Crippen molar-refractivity contribution >= 4 is 17.7 Å². The molecule has 0 aliphatic rings. The summed E-state index contributed by atoms with van der Waals surface area (Å²) in [6.07, 6.45) is 1.48. The Morgan fingerprint density at radius 2 is 2.00 bits per heavy atom. The van der Waals surface area contributed by atoms with Gasteiger partial charge in [0.05, 0.1) is 6.54 Å². The van der Waals surface area contributed by atoms with Gasteiger partial charge in [0.2, 0.25) is 0 Å². The molecule has 0 aliphatic heterocycles. The third kappa shape index (κ3) is 3.08. The fraction of sp³-hybridized carbons (Fsp3) is 0.267. The Bertz CT molecular complexity index is 741. The van der Waals surface area contributed by atoms with Crippen LogP contribution in [0.1, 0.15) is 49.6 Å². The van der Waals surface area contributed by atoms with Gasteiger partial charge in [0, 0.05) is 18.8 Å². The maximum atomic E-state index is 12.2. The summed E-state index contributed by atoms with van der Waals surface area (Å²) in [4.78, 5) is 38.6. The number of Topliss-reactive ketones (excluding diaryl/α,β-unsaturated/α-hetero) is 1. The molecule has 2 rings (SSSR count). The SMILES string of the molecule is CC(=O)c1c[nH]c(C(=O)N(C)Cc2cc(C(=O)O)c(C)o2)c1. The Morgan fingerprint density at radius 3 is 2.50 bits per heavy atom. The number of aromatic amines is 1. The summed E-state index contributed by atoms with van der Waals surface area (Å²) < 4.78 is 5.34. The first kappa shape index (κ1) is 15.6. The maximum absolute atomic E-state index is 12.2. The van der Waals surface area contributed by atoms with Crippen molar-refractivity contribution in [3.05, 3.63) is 46.7 Å². The number of nitrogens with one attached hydrogen (secondary N) is 1. The minimum Gasteiger partial charge on any atom is -0.478 e. The molecule has 0 aliphatic carbocycles. The van der Waals surface area contributed by atoms with E-state index in [0.29, 0.717) is 17.1 Å². The minimum absolute atomic E-state index is 0.0783. The van der Waals surface area contributed by atoms with Crippen molar-refractivity contribution in [1.82, 2.24) is 9.88 Å². The van der Waals surface area contributed by atoms with Crippen LogP contribution in [0.15, 0.2) is 22.7 Å². The van der Waals surface area contributed by atoms with E-state index in [-0.39, 0.29) is 29.5 Å². The van der Waals surface area contributed by atoms with Crippen molar-refractivity contribution in [2.24, 2.45) is 0 Å². The molecule has 2 heterocycles.